The molecule has 0 saturated carbocycles. The van der Waals surface area contributed by atoms with E-state index in [2.05, 4.69) is 0 Å². The van der Waals surface area contributed by atoms with Crippen molar-refractivity contribution in [3.8, 4) is 0 Å². The first-order valence-electron chi connectivity index (χ1n) is 6.25. The minimum absolute atomic E-state index is 0.137. The largest absolute Gasteiger partial charge is 0.465 e. The van der Waals surface area contributed by atoms with Gasteiger partial charge in [0.05, 0.1) is 24.7 Å². The van der Waals surface area contributed by atoms with Gasteiger partial charge in [0.15, 0.2) is 0 Å². The molecule has 0 bridgehead atoms. The van der Waals surface area contributed by atoms with E-state index in [9.17, 15) is 9.59 Å². The summed E-state index contributed by atoms with van der Waals surface area (Å²) in [5.74, 6) is 4.54. The third-order valence-electron chi connectivity index (χ3n) is 1.79. The summed E-state index contributed by atoms with van der Waals surface area (Å²) in [4.78, 5) is 22.1. The van der Waals surface area contributed by atoms with Gasteiger partial charge in [0.2, 0.25) is 0 Å². The van der Waals surface area contributed by atoms with Crippen molar-refractivity contribution in [2.45, 2.75) is 13.8 Å². The second kappa shape index (κ2) is 14.4. The third-order valence-corrected chi connectivity index (χ3v) is 5.16. The summed E-state index contributed by atoms with van der Waals surface area (Å²) in [6.07, 6.45) is 0. The zero-order valence-electron chi connectivity index (χ0n) is 11.5. The average molecular weight is 327 g/mol. The van der Waals surface area contributed by atoms with Crippen LogP contribution in [0.15, 0.2) is 0 Å². The van der Waals surface area contributed by atoms with E-state index in [1.54, 1.807) is 23.5 Å². The molecule has 0 aliphatic heterocycles. The number of carbonyl (C=O) groups excluding carboxylic acids is 2. The van der Waals surface area contributed by atoms with Gasteiger partial charge in [-0.05, 0) is 13.8 Å². The van der Waals surface area contributed by atoms with Gasteiger partial charge < -0.3 is 9.47 Å². The highest BCUT2D eigenvalue weighted by Crippen LogP contribution is 2.10. The molecule has 0 rings (SSSR count). The van der Waals surface area contributed by atoms with Crippen LogP contribution in [0, 0.1) is 0 Å². The SMILES string of the molecule is CCOC(=O)CSCCSCCSCC(=O)OCC. The first-order valence-corrected chi connectivity index (χ1v) is 9.71. The average Bonchev–Trinajstić information content (AvgIpc) is 2.37. The Morgan fingerprint density at radius 3 is 1.47 bits per heavy atom. The molecule has 0 aliphatic rings. The first kappa shape index (κ1) is 19.0. The number of hydrogen-bond donors (Lipinski definition) is 0. The Labute approximate surface area is 128 Å². The molecule has 0 aromatic carbocycles. The summed E-state index contributed by atoms with van der Waals surface area (Å²) in [5, 5.41) is 0. The Bertz CT molecular complexity index is 225. The molecule has 0 atom stereocenters. The molecule has 0 radical (unpaired) electrons. The molecule has 0 fully saturated rings. The number of rotatable bonds is 12. The highest BCUT2D eigenvalue weighted by atomic mass is 32.2. The van der Waals surface area contributed by atoms with Crippen LogP contribution in [0.3, 0.4) is 0 Å². The van der Waals surface area contributed by atoms with Crippen molar-refractivity contribution in [3.05, 3.63) is 0 Å². The molecular weight excluding hydrogens is 304 g/mol. The van der Waals surface area contributed by atoms with E-state index in [0.29, 0.717) is 24.7 Å². The van der Waals surface area contributed by atoms with Gasteiger partial charge >= 0.3 is 11.9 Å². The van der Waals surface area contributed by atoms with E-state index < -0.39 is 0 Å². The number of thioether (sulfide) groups is 3. The molecule has 19 heavy (non-hydrogen) atoms. The lowest BCUT2D eigenvalue weighted by atomic mass is 10.8. The van der Waals surface area contributed by atoms with E-state index in [1.165, 1.54) is 0 Å². The summed E-state index contributed by atoms with van der Waals surface area (Å²) in [6.45, 7) is 4.52. The predicted octanol–water partition coefficient (Wildman–Crippen LogP) is 2.31. The van der Waals surface area contributed by atoms with Crippen LogP contribution < -0.4 is 0 Å². The minimum Gasteiger partial charge on any atom is -0.465 e. The molecule has 7 heteroatoms. The Morgan fingerprint density at radius 1 is 0.737 bits per heavy atom. The quantitative estimate of drug-likeness (QED) is 0.403. The lowest BCUT2D eigenvalue weighted by molar-refractivity contribution is -0.140. The van der Waals surface area contributed by atoms with Crippen LogP contribution in [-0.4, -0.2) is 59.7 Å². The lowest BCUT2D eigenvalue weighted by Crippen LogP contribution is -2.08. The van der Waals surface area contributed by atoms with Crippen LogP contribution in [-0.2, 0) is 19.1 Å². The number of carbonyl (C=O) groups is 2. The zero-order chi connectivity index (χ0) is 14.3. The molecule has 0 aromatic heterocycles. The van der Waals surface area contributed by atoms with Crippen molar-refractivity contribution < 1.29 is 19.1 Å². The fourth-order valence-corrected chi connectivity index (χ4v) is 3.93. The molecule has 0 aromatic rings. The van der Waals surface area contributed by atoms with Gasteiger partial charge in [0.25, 0.3) is 0 Å². The summed E-state index contributed by atoms with van der Waals surface area (Å²) in [5.41, 5.74) is 0. The van der Waals surface area contributed by atoms with Gasteiger partial charge in [-0.2, -0.15) is 11.8 Å². The van der Waals surface area contributed by atoms with Gasteiger partial charge in [-0.1, -0.05) is 0 Å². The number of hydrogen-bond acceptors (Lipinski definition) is 7. The van der Waals surface area contributed by atoms with Crippen LogP contribution in [0.5, 0.6) is 0 Å². The summed E-state index contributed by atoms with van der Waals surface area (Å²) < 4.78 is 9.66. The lowest BCUT2D eigenvalue weighted by Gasteiger charge is -2.03. The molecule has 0 aliphatic carbocycles. The molecule has 112 valence electrons. The van der Waals surface area contributed by atoms with Crippen LogP contribution in [0.25, 0.3) is 0 Å². The summed E-state index contributed by atoms with van der Waals surface area (Å²) in [7, 11) is 0. The molecule has 0 spiro atoms. The summed E-state index contributed by atoms with van der Waals surface area (Å²) in [6, 6.07) is 0. The van der Waals surface area contributed by atoms with Crippen molar-refractivity contribution >= 4 is 47.2 Å². The van der Waals surface area contributed by atoms with Crippen molar-refractivity contribution in [1.29, 1.82) is 0 Å². The van der Waals surface area contributed by atoms with Crippen molar-refractivity contribution in [2.24, 2.45) is 0 Å². The van der Waals surface area contributed by atoms with E-state index in [-0.39, 0.29) is 11.9 Å². The maximum Gasteiger partial charge on any atom is 0.315 e. The zero-order valence-corrected chi connectivity index (χ0v) is 14.0. The predicted molar refractivity (Wildman–Crippen MR) is 85.2 cm³/mol. The second-order valence-electron chi connectivity index (χ2n) is 3.33. The smallest absolute Gasteiger partial charge is 0.315 e. The van der Waals surface area contributed by atoms with E-state index in [1.807, 2.05) is 25.6 Å². The van der Waals surface area contributed by atoms with Crippen LogP contribution in [0.4, 0.5) is 0 Å². The van der Waals surface area contributed by atoms with Crippen LogP contribution >= 0.6 is 35.3 Å². The molecule has 0 amide bonds. The monoisotopic (exact) mass is 326 g/mol. The van der Waals surface area contributed by atoms with Gasteiger partial charge in [-0.25, -0.2) is 0 Å². The van der Waals surface area contributed by atoms with Gasteiger partial charge in [0.1, 0.15) is 0 Å². The molecule has 0 unspecified atom stereocenters. The van der Waals surface area contributed by atoms with Crippen LogP contribution in [0.1, 0.15) is 13.8 Å². The Hall–Kier alpha value is -0.0100. The van der Waals surface area contributed by atoms with Gasteiger partial charge in [-0.3, -0.25) is 9.59 Å². The van der Waals surface area contributed by atoms with E-state index in [0.717, 1.165) is 23.0 Å². The van der Waals surface area contributed by atoms with Crippen molar-refractivity contribution in [1.82, 2.24) is 0 Å². The standard InChI is InChI=1S/C12H22O4S3/c1-3-15-11(13)9-18-7-5-17-6-8-19-10-12(14)16-4-2/h3-10H2,1-2H3. The minimum atomic E-state index is -0.137. The molecule has 0 heterocycles. The van der Waals surface area contributed by atoms with Crippen molar-refractivity contribution in [2.75, 3.05) is 47.7 Å². The maximum atomic E-state index is 11.0. The Balaban J connectivity index is 3.15. The number of ether oxygens (including phenoxy) is 2. The second-order valence-corrected chi connectivity index (χ2v) is 6.76. The Morgan fingerprint density at radius 2 is 1.11 bits per heavy atom. The highest BCUT2D eigenvalue weighted by molar-refractivity contribution is 8.04. The highest BCUT2D eigenvalue weighted by Gasteiger charge is 2.02. The fourth-order valence-electron chi connectivity index (χ4n) is 1.05. The first-order chi connectivity index (χ1) is 9.20. The molecule has 4 nitrogen and oxygen atoms in total. The van der Waals surface area contributed by atoms with Gasteiger partial charge in [-0.15, -0.1) is 23.5 Å². The van der Waals surface area contributed by atoms with E-state index >= 15 is 0 Å². The molecular formula is C12H22O4S3. The Kier molecular flexibility index (Phi) is 14.4. The molecule has 0 N–H and O–H groups in total. The molecule has 0 saturated heterocycles. The summed E-state index contributed by atoms with van der Waals surface area (Å²) >= 11 is 5.04. The number of esters is 2. The van der Waals surface area contributed by atoms with Gasteiger partial charge in [0, 0.05) is 23.0 Å². The normalized spacial score (nSPS) is 10.2. The third kappa shape index (κ3) is 14.2. The van der Waals surface area contributed by atoms with E-state index in [4.69, 9.17) is 9.47 Å². The van der Waals surface area contributed by atoms with Crippen LogP contribution in [0.2, 0.25) is 0 Å². The topological polar surface area (TPSA) is 52.6 Å². The fraction of sp³-hybridized carbons (Fsp3) is 0.833. The maximum absolute atomic E-state index is 11.0. The van der Waals surface area contributed by atoms with Crippen molar-refractivity contribution in [3.63, 3.8) is 0 Å².